The zero-order chi connectivity index (χ0) is 28.8. The lowest BCUT2D eigenvalue weighted by Crippen LogP contribution is -2.35. The third kappa shape index (κ3) is 7.54. The molecule has 1 saturated heterocycles. The van der Waals surface area contributed by atoms with Gasteiger partial charge in [0.15, 0.2) is 0 Å². The summed E-state index contributed by atoms with van der Waals surface area (Å²) in [6, 6.07) is 19.5. The van der Waals surface area contributed by atoms with E-state index < -0.39 is 20.0 Å². The molecule has 0 radical (unpaired) electrons. The van der Waals surface area contributed by atoms with Crippen molar-refractivity contribution in [1.82, 2.24) is 9.62 Å². The van der Waals surface area contributed by atoms with Crippen LogP contribution in [0.1, 0.15) is 35.2 Å². The number of sulfonamides is 2. The number of carbonyl (C=O) groups is 1. The lowest BCUT2D eigenvalue weighted by atomic mass is 10.1. The maximum atomic E-state index is 12.8. The maximum absolute atomic E-state index is 12.8. The Labute approximate surface area is 240 Å². The van der Waals surface area contributed by atoms with Crippen LogP contribution < -0.4 is 14.4 Å². The summed E-state index contributed by atoms with van der Waals surface area (Å²) in [5.41, 5.74) is 1.44. The molecule has 1 amide bonds. The van der Waals surface area contributed by atoms with E-state index in [1.54, 1.807) is 60.7 Å². The number of halogens is 1. The molecule has 1 fully saturated rings. The van der Waals surface area contributed by atoms with Gasteiger partial charge in [-0.25, -0.2) is 16.8 Å². The van der Waals surface area contributed by atoms with Crippen molar-refractivity contribution >= 4 is 43.2 Å². The van der Waals surface area contributed by atoms with Crippen LogP contribution in [-0.4, -0.2) is 59.5 Å². The number of nitrogens with zero attached hydrogens (tertiary/aromatic N) is 2. The molecule has 12 heteroatoms. The van der Waals surface area contributed by atoms with Gasteiger partial charge in [-0.2, -0.15) is 4.31 Å². The van der Waals surface area contributed by atoms with Crippen LogP contribution >= 0.6 is 11.6 Å². The van der Waals surface area contributed by atoms with Crippen LogP contribution in [0.2, 0.25) is 5.02 Å². The second kappa shape index (κ2) is 13.0. The second-order valence-corrected chi connectivity index (χ2v) is 13.7. The first-order valence-electron chi connectivity index (χ1n) is 12.9. The molecule has 1 aliphatic rings. The number of rotatable bonds is 11. The molecule has 0 aliphatic carbocycles. The molecule has 40 heavy (non-hydrogen) atoms. The lowest BCUT2D eigenvalue weighted by Gasteiger charge is -2.25. The Hall–Kier alpha value is -3.12. The fourth-order valence-electron chi connectivity index (χ4n) is 4.36. The van der Waals surface area contributed by atoms with Crippen LogP contribution in [-0.2, 0) is 26.6 Å². The van der Waals surface area contributed by atoms with Crippen molar-refractivity contribution in [2.24, 2.45) is 0 Å². The predicted octanol–water partition coefficient (Wildman–Crippen LogP) is 4.29. The Bertz CT molecular complexity index is 1520. The normalized spacial score (nSPS) is 14.4. The van der Waals surface area contributed by atoms with Crippen molar-refractivity contribution in [3.63, 3.8) is 0 Å². The highest BCUT2D eigenvalue weighted by molar-refractivity contribution is 7.92. The first-order valence-corrected chi connectivity index (χ1v) is 16.5. The fourth-order valence-corrected chi connectivity index (χ4v) is 6.95. The number of hydrogen-bond donors (Lipinski definition) is 1. The van der Waals surface area contributed by atoms with Gasteiger partial charge >= 0.3 is 0 Å². The van der Waals surface area contributed by atoms with Gasteiger partial charge in [-0.15, -0.1) is 0 Å². The van der Waals surface area contributed by atoms with Crippen molar-refractivity contribution in [2.45, 2.75) is 30.7 Å². The van der Waals surface area contributed by atoms with Gasteiger partial charge in [0.05, 0.1) is 29.9 Å². The van der Waals surface area contributed by atoms with Crippen LogP contribution in [0, 0.1) is 0 Å². The summed E-state index contributed by atoms with van der Waals surface area (Å²) in [6.45, 7) is 1.55. The molecule has 0 aromatic heterocycles. The van der Waals surface area contributed by atoms with Gasteiger partial charge in [-0.1, -0.05) is 36.2 Å². The van der Waals surface area contributed by atoms with E-state index in [0.29, 0.717) is 40.7 Å². The second-order valence-electron chi connectivity index (χ2n) is 9.45. The number of anilines is 1. The highest BCUT2D eigenvalue weighted by Crippen LogP contribution is 2.25. The van der Waals surface area contributed by atoms with E-state index in [2.05, 4.69) is 5.32 Å². The largest absolute Gasteiger partial charge is 0.492 e. The Kier molecular flexibility index (Phi) is 9.72. The van der Waals surface area contributed by atoms with E-state index in [9.17, 15) is 21.6 Å². The predicted molar refractivity (Wildman–Crippen MR) is 156 cm³/mol. The van der Waals surface area contributed by atoms with Crippen molar-refractivity contribution in [1.29, 1.82) is 0 Å². The average molecular weight is 606 g/mol. The van der Waals surface area contributed by atoms with Crippen LogP contribution in [0.15, 0.2) is 77.7 Å². The summed E-state index contributed by atoms with van der Waals surface area (Å²) in [5, 5.41) is 3.22. The zero-order valence-corrected chi connectivity index (χ0v) is 24.5. The molecule has 0 bridgehead atoms. The number of ether oxygens (including phenoxy) is 1. The number of nitrogens with one attached hydrogen (secondary N) is 1. The molecule has 1 heterocycles. The van der Waals surface area contributed by atoms with E-state index in [4.69, 9.17) is 16.3 Å². The minimum absolute atomic E-state index is 0.0621. The van der Waals surface area contributed by atoms with Crippen LogP contribution in [0.3, 0.4) is 0 Å². The Morgan fingerprint density at radius 3 is 2.20 bits per heavy atom. The molecule has 4 rings (SSSR count). The molecule has 0 spiro atoms. The van der Waals surface area contributed by atoms with Crippen molar-refractivity contribution in [3.8, 4) is 5.75 Å². The van der Waals surface area contributed by atoms with E-state index in [1.165, 1.54) is 20.7 Å². The van der Waals surface area contributed by atoms with Crippen molar-refractivity contribution < 1.29 is 26.4 Å². The van der Waals surface area contributed by atoms with Crippen molar-refractivity contribution in [2.75, 3.05) is 36.8 Å². The summed E-state index contributed by atoms with van der Waals surface area (Å²) in [5.74, 6) is 0.158. The number of hydrogen-bond acceptors (Lipinski definition) is 6. The first kappa shape index (κ1) is 29.9. The summed E-state index contributed by atoms with van der Waals surface area (Å²) in [7, 11) is -7.11. The van der Waals surface area contributed by atoms with Crippen LogP contribution in [0.25, 0.3) is 0 Å². The third-order valence-electron chi connectivity index (χ3n) is 6.52. The van der Waals surface area contributed by atoms with Crippen LogP contribution in [0.4, 0.5) is 5.69 Å². The molecule has 0 unspecified atom stereocenters. The van der Waals surface area contributed by atoms with Gasteiger partial charge in [-0.3, -0.25) is 9.10 Å². The highest BCUT2D eigenvalue weighted by atomic mass is 35.5. The molecule has 3 aromatic rings. The smallest absolute Gasteiger partial charge is 0.251 e. The molecular formula is C28H32ClN3O6S2. The topological polar surface area (TPSA) is 113 Å². The molecule has 1 N–H and O–H groups in total. The molecule has 1 aliphatic heterocycles. The summed E-state index contributed by atoms with van der Waals surface area (Å²) in [4.78, 5) is 12.8. The van der Waals surface area contributed by atoms with E-state index in [1.807, 2.05) is 0 Å². The van der Waals surface area contributed by atoms with Gasteiger partial charge in [0.25, 0.3) is 5.91 Å². The number of benzene rings is 3. The Morgan fingerprint density at radius 1 is 0.925 bits per heavy atom. The average Bonchev–Trinajstić information content (AvgIpc) is 2.95. The van der Waals surface area contributed by atoms with Gasteiger partial charge in [0, 0.05) is 23.7 Å². The quantitative estimate of drug-likeness (QED) is 0.326. The molecule has 0 saturated carbocycles. The maximum Gasteiger partial charge on any atom is 0.251 e. The standard InChI is InChI=1S/C28H32ClN3O6S2/c1-39(34,35)32(21-23-7-3-4-8-27(23)29)24-11-9-22(10-12-24)28(33)30-17-20-38-25-13-15-26(16-14-25)40(36,37)31-18-5-2-6-19-31/h3-4,7-16H,2,5-6,17-21H2,1H3,(H,30,33). The monoisotopic (exact) mass is 605 g/mol. The van der Waals surface area contributed by atoms with Gasteiger partial charge in [0.2, 0.25) is 20.0 Å². The highest BCUT2D eigenvalue weighted by Gasteiger charge is 2.25. The summed E-state index contributed by atoms with van der Waals surface area (Å²) in [6.07, 6.45) is 3.91. The van der Waals surface area contributed by atoms with Crippen LogP contribution in [0.5, 0.6) is 5.75 Å². The van der Waals surface area contributed by atoms with Gasteiger partial charge < -0.3 is 10.1 Å². The van der Waals surface area contributed by atoms with E-state index in [-0.39, 0.29) is 30.5 Å². The van der Waals surface area contributed by atoms with Gasteiger partial charge in [-0.05, 0) is 73.0 Å². The summed E-state index contributed by atoms with van der Waals surface area (Å²) < 4.78 is 58.9. The molecule has 9 nitrogen and oxygen atoms in total. The first-order chi connectivity index (χ1) is 19.1. The Morgan fingerprint density at radius 2 is 1.57 bits per heavy atom. The lowest BCUT2D eigenvalue weighted by molar-refractivity contribution is 0.0947. The van der Waals surface area contributed by atoms with Gasteiger partial charge in [0.1, 0.15) is 12.4 Å². The van der Waals surface area contributed by atoms with E-state index in [0.717, 1.165) is 25.5 Å². The minimum atomic E-state index is -3.61. The van der Waals surface area contributed by atoms with E-state index >= 15 is 0 Å². The third-order valence-corrected chi connectivity index (χ3v) is 9.94. The molecule has 0 atom stereocenters. The number of carbonyl (C=O) groups excluding carboxylic acids is 1. The number of amides is 1. The molecule has 3 aromatic carbocycles. The SMILES string of the molecule is CS(=O)(=O)N(Cc1ccccc1Cl)c1ccc(C(=O)NCCOc2ccc(S(=O)(=O)N3CCCCC3)cc2)cc1. The minimum Gasteiger partial charge on any atom is -0.492 e. The zero-order valence-electron chi connectivity index (χ0n) is 22.1. The number of piperidine rings is 1. The molecular weight excluding hydrogens is 574 g/mol. The fraction of sp³-hybridized carbons (Fsp3) is 0.321. The van der Waals surface area contributed by atoms with Crippen molar-refractivity contribution in [3.05, 3.63) is 88.9 Å². The Balaban J connectivity index is 1.29. The molecule has 214 valence electrons. The summed E-state index contributed by atoms with van der Waals surface area (Å²) >= 11 is 6.22.